The predicted molar refractivity (Wildman–Crippen MR) is 122 cm³/mol. The van der Waals surface area contributed by atoms with Crippen LogP contribution >= 0.6 is 0 Å². The number of carbonyl (C=O) groups excluding carboxylic acids is 1. The molecule has 32 heavy (non-hydrogen) atoms. The lowest BCUT2D eigenvalue weighted by atomic mass is 10.1. The van der Waals surface area contributed by atoms with E-state index in [9.17, 15) is 9.59 Å². The van der Waals surface area contributed by atoms with Crippen LogP contribution < -0.4 is 10.3 Å². The van der Waals surface area contributed by atoms with Crippen LogP contribution in [0.1, 0.15) is 11.1 Å². The standard InChI is InChI=1S/C24H25N5O3/c1-17-11-18(2)13-20(12-17)32-10-9-27(3)22(30)15-28-16-25-23-21(24(28)31)14-26-29(23)19-7-5-4-6-8-19/h4-8,11-14,16H,9-10,15H2,1-3H3. The van der Waals surface area contributed by atoms with E-state index in [-0.39, 0.29) is 18.0 Å². The van der Waals surface area contributed by atoms with Crippen molar-refractivity contribution in [3.63, 3.8) is 0 Å². The van der Waals surface area contributed by atoms with Crippen molar-refractivity contribution in [1.82, 2.24) is 24.2 Å². The third-order valence-corrected chi connectivity index (χ3v) is 5.18. The molecule has 2 heterocycles. The Morgan fingerprint density at radius 1 is 1.09 bits per heavy atom. The number of fused-ring (bicyclic) bond motifs is 1. The van der Waals surface area contributed by atoms with E-state index in [2.05, 4.69) is 16.1 Å². The van der Waals surface area contributed by atoms with Gasteiger partial charge in [0.05, 0.1) is 18.4 Å². The van der Waals surface area contributed by atoms with E-state index in [1.54, 1.807) is 16.6 Å². The van der Waals surface area contributed by atoms with E-state index in [1.165, 1.54) is 17.1 Å². The van der Waals surface area contributed by atoms with Crippen LogP contribution in [0.3, 0.4) is 0 Å². The normalized spacial score (nSPS) is 11.0. The number of aromatic nitrogens is 4. The van der Waals surface area contributed by atoms with Crippen molar-refractivity contribution >= 4 is 16.9 Å². The van der Waals surface area contributed by atoms with Gasteiger partial charge in [0.1, 0.15) is 30.6 Å². The first kappa shape index (κ1) is 21.3. The zero-order valence-electron chi connectivity index (χ0n) is 18.4. The molecule has 0 radical (unpaired) electrons. The number of hydrogen-bond acceptors (Lipinski definition) is 5. The van der Waals surface area contributed by atoms with Gasteiger partial charge in [0.25, 0.3) is 5.56 Å². The van der Waals surface area contributed by atoms with Gasteiger partial charge in [0.2, 0.25) is 5.91 Å². The number of carbonyl (C=O) groups is 1. The molecule has 0 saturated carbocycles. The molecule has 2 aromatic heterocycles. The molecule has 4 aromatic rings. The number of amides is 1. The molecular weight excluding hydrogens is 406 g/mol. The number of para-hydroxylation sites is 1. The lowest BCUT2D eigenvalue weighted by Crippen LogP contribution is -2.36. The number of ether oxygens (including phenoxy) is 1. The van der Waals surface area contributed by atoms with Crippen LogP contribution in [0.15, 0.2) is 65.8 Å². The van der Waals surface area contributed by atoms with Crippen molar-refractivity contribution in [3.8, 4) is 11.4 Å². The number of hydrogen-bond donors (Lipinski definition) is 0. The van der Waals surface area contributed by atoms with Crippen LogP contribution in [-0.2, 0) is 11.3 Å². The molecule has 0 N–H and O–H groups in total. The Hall–Kier alpha value is -3.94. The second kappa shape index (κ2) is 9.05. The summed E-state index contributed by atoms with van der Waals surface area (Å²) in [6.07, 6.45) is 2.88. The molecule has 2 aromatic carbocycles. The van der Waals surface area contributed by atoms with E-state index in [4.69, 9.17) is 4.74 Å². The summed E-state index contributed by atoms with van der Waals surface area (Å²) >= 11 is 0. The molecule has 0 unspecified atom stereocenters. The Balaban J connectivity index is 1.42. The van der Waals surface area contributed by atoms with Gasteiger partial charge in [-0.1, -0.05) is 24.3 Å². The smallest absolute Gasteiger partial charge is 0.264 e. The zero-order valence-corrected chi connectivity index (χ0v) is 18.4. The Kier molecular flexibility index (Phi) is 6.02. The SMILES string of the molecule is Cc1cc(C)cc(OCCN(C)C(=O)Cn2cnc3c(cnn3-c3ccccc3)c2=O)c1. The van der Waals surface area contributed by atoms with E-state index in [1.807, 2.05) is 56.3 Å². The predicted octanol–water partition coefficient (Wildman–Crippen LogP) is 2.74. The average molecular weight is 431 g/mol. The summed E-state index contributed by atoms with van der Waals surface area (Å²) in [7, 11) is 1.69. The Bertz CT molecular complexity index is 1290. The van der Waals surface area contributed by atoms with Crippen molar-refractivity contribution in [1.29, 1.82) is 0 Å². The second-order valence-electron chi connectivity index (χ2n) is 7.79. The van der Waals surface area contributed by atoms with Gasteiger partial charge < -0.3 is 9.64 Å². The minimum atomic E-state index is -0.301. The first-order valence-electron chi connectivity index (χ1n) is 10.4. The van der Waals surface area contributed by atoms with Crippen LogP contribution in [0, 0.1) is 13.8 Å². The Morgan fingerprint density at radius 2 is 1.81 bits per heavy atom. The minimum Gasteiger partial charge on any atom is -0.492 e. The number of benzene rings is 2. The summed E-state index contributed by atoms with van der Waals surface area (Å²) in [5.74, 6) is 0.581. The van der Waals surface area contributed by atoms with E-state index < -0.39 is 0 Å². The lowest BCUT2D eigenvalue weighted by molar-refractivity contribution is -0.130. The van der Waals surface area contributed by atoms with Crippen molar-refractivity contribution in [2.75, 3.05) is 20.2 Å². The molecule has 4 rings (SSSR count). The fourth-order valence-corrected chi connectivity index (χ4v) is 3.53. The van der Waals surface area contributed by atoms with Gasteiger partial charge in [-0.3, -0.25) is 14.2 Å². The summed E-state index contributed by atoms with van der Waals surface area (Å²) in [6.45, 7) is 4.70. The largest absolute Gasteiger partial charge is 0.492 e. The number of rotatable bonds is 7. The molecule has 0 bridgehead atoms. The number of likely N-dealkylation sites (N-methyl/N-ethyl adjacent to an activating group) is 1. The van der Waals surface area contributed by atoms with Crippen molar-refractivity contribution in [2.24, 2.45) is 0 Å². The summed E-state index contributed by atoms with van der Waals surface area (Å²) in [5, 5.41) is 4.66. The first-order valence-corrected chi connectivity index (χ1v) is 10.4. The lowest BCUT2D eigenvalue weighted by Gasteiger charge is -2.18. The summed E-state index contributed by atoms with van der Waals surface area (Å²) < 4.78 is 8.70. The van der Waals surface area contributed by atoms with Gasteiger partial charge in [0.15, 0.2) is 5.65 Å². The van der Waals surface area contributed by atoms with Gasteiger partial charge in [-0.15, -0.1) is 0 Å². The van der Waals surface area contributed by atoms with Crippen LogP contribution in [0.4, 0.5) is 0 Å². The van der Waals surface area contributed by atoms with E-state index >= 15 is 0 Å². The minimum absolute atomic E-state index is 0.0989. The van der Waals surface area contributed by atoms with Gasteiger partial charge in [0, 0.05) is 7.05 Å². The third-order valence-electron chi connectivity index (χ3n) is 5.18. The molecular formula is C24H25N5O3. The Labute approximate surface area is 185 Å². The third kappa shape index (κ3) is 4.54. The quantitative estimate of drug-likeness (QED) is 0.449. The highest BCUT2D eigenvalue weighted by molar-refractivity contribution is 5.77. The number of aryl methyl sites for hydroxylation is 2. The maximum atomic E-state index is 12.9. The molecule has 0 atom stereocenters. The van der Waals surface area contributed by atoms with Crippen molar-refractivity contribution < 1.29 is 9.53 Å². The topological polar surface area (TPSA) is 82.2 Å². The van der Waals surface area contributed by atoms with Gasteiger partial charge in [-0.2, -0.15) is 5.10 Å². The van der Waals surface area contributed by atoms with Crippen molar-refractivity contribution in [2.45, 2.75) is 20.4 Å². The highest BCUT2D eigenvalue weighted by Crippen LogP contribution is 2.16. The van der Waals surface area contributed by atoms with Crippen LogP contribution in [-0.4, -0.2) is 50.3 Å². The molecule has 0 aliphatic heterocycles. The maximum Gasteiger partial charge on any atom is 0.264 e. The van der Waals surface area contributed by atoms with Crippen LogP contribution in [0.2, 0.25) is 0 Å². The average Bonchev–Trinajstić information content (AvgIpc) is 3.20. The zero-order chi connectivity index (χ0) is 22.7. The highest BCUT2D eigenvalue weighted by atomic mass is 16.5. The van der Waals surface area contributed by atoms with Gasteiger partial charge >= 0.3 is 0 Å². The molecule has 0 aliphatic carbocycles. The molecule has 8 nitrogen and oxygen atoms in total. The molecule has 0 fully saturated rings. The summed E-state index contributed by atoms with van der Waals surface area (Å²) in [4.78, 5) is 31.4. The summed E-state index contributed by atoms with van der Waals surface area (Å²) in [5.41, 5.74) is 3.22. The summed E-state index contributed by atoms with van der Waals surface area (Å²) in [6, 6.07) is 15.5. The number of nitrogens with zero attached hydrogens (tertiary/aromatic N) is 5. The fourth-order valence-electron chi connectivity index (χ4n) is 3.53. The highest BCUT2D eigenvalue weighted by Gasteiger charge is 2.15. The molecule has 164 valence electrons. The van der Waals surface area contributed by atoms with Crippen LogP contribution in [0.5, 0.6) is 5.75 Å². The molecule has 0 spiro atoms. The van der Waals surface area contributed by atoms with Crippen molar-refractivity contribution in [3.05, 3.63) is 82.5 Å². The van der Waals surface area contributed by atoms with E-state index in [0.717, 1.165) is 22.6 Å². The maximum absolute atomic E-state index is 12.9. The molecule has 0 saturated heterocycles. The second-order valence-corrected chi connectivity index (χ2v) is 7.79. The fraction of sp³-hybridized carbons (Fsp3) is 0.250. The first-order chi connectivity index (χ1) is 15.4. The molecule has 0 aliphatic rings. The van der Waals surface area contributed by atoms with Crippen LogP contribution in [0.25, 0.3) is 16.7 Å². The molecule has 8 heteroatoms. The van der Waals surface area contributed by atoms with Gasteiger partial charge in [-0.25, -0.2) is 9.67 Å². The monoisotopic (exact) mass is 431 g/mol. The Morgan fingerprint density at radius 3 is 2.53 bits per heavy atom. The molecule has 1 amide bonds. The van der Waals surface area contributed by atoms with E-state index in [0.29, 0.717) is 24.2 Å². The van der Waals surface area contributed by atoms with Gasteiger partial charge in [-0.05, 0) is 49.2 Å².